The van der Waals surface area contributed by atoms with Crippen LogP contribution in [0.4, 0.5) is 0 Å². The summed E-state index contributed by atoms with van der Waals surface area (Å²) in [4.78, 5) is 27.1. The lowest BCUT2D eigenvalue weighted by Gasteiger charge is -2.35. The van der Waals surface area contributed by atoms with E-state index in [2.05, 4.69) is 29.3 Å². The lowest BCUT2D eigenvalue weighted by molar-refractivity contribution is -0.138. The normalized spacial score (nSPS) is 29.6. The molecule has 4 unspecified atom stereocenters. The first-order valence-electron chi connectivity index (χ1n) is 9.41. The van der Waals surface area contributed by atoms with Crippen molar-refractivity contribution in [3.63, 3.8) is 0 Å². The van der Waals surface area contributed by atoms with Crippen LogP contribution in [0.3, 0.4) is 0 Å². The number of rotatable bonds is 4. The molecule has 1 aromatic rings. The first-order chi connectivity index (χ1) is 12.0. The zero-order valence-electron chi connectivity index (χ0n) is 15.3. The molecule has 0 bridgehead atoms. The van der Waals surface area contributed by atoms with Crippen LogP contribution in [-0.2, 0) is 9.53 Å². The Kier molecular flexibility index (Phi) is 5.39. The number of hydrogen-bond acceptors (Lipinski definition) is 5. The van der Waals surface area contributed by atoms with E-state index in [-0.39, 0.29) is 30.2 Å². The highest BCUT2D eigenvalue weighted by Crippen LogP contribution is 2.38. The van der Waals surface area contributed by atoms with E-state index in [0.29, 0.717) is 17.5 Å². The van der Waals surface area contributed by atoms with Gasteiger partial charge in [-0.05, 0) is 50.9 Å². The van der Waals surface area contributed by atoms with Crippen molar-refractivity contribution in [1.82, 2.24) is 20.3 Å². The largest absolute Gasteiger partial charge is 0.461 e. The Hall–Kier alpha value is -1.92. The van der Waals surface area contributed by atoms with Crippen LogP contribution in [0.1, 0.15) is 75.1 Å². The fraction of sp³-hybridized carbons (Fsp3) is 0.778. The molecular formula is C18H28N4O3. The van der Waals surface area contributed by atoms with Crippen molar-refractivity contribution < 1.29 is 14.3 Å². The van der Waals surface area contributed by atoms with Crippen molar-refractivity contribution in [2.45, 2.75) is 58.9 Å². The molecular weight excluding hydrogens is 320 g/mol. The van der Waals surface area contributed by atoms with Crippen molar-refractivity contribution >= 4 is 11.9 Å². The molecule has 3 rings (SSSR count). The van der Waals surface area contributed by atoms with Crippen molar-refractivity contribution in [3.05, 3.63) is 11.4 Å². The highest BCUT2D eigenvalue weighted by Gasteiger charge is 2.39. The van der Waals surface area contributed by atoms with E-state index < -0.39 is 5.97 Å². The molecule has 1 N–H and O–H groups in total. The van der Waals surface area contributed by atoms with Gasteiger partial charge in [-0.3, -0.25) is 4.79 Å². The molecule has 0 aromatic carbocycles. The minimum atomic E-state index is -0.481. The van der Waals surface area contributed by atoms with Crippen LogP contribution in [0.2, 0.25) is 0 Å². The Morgan fingerprint density at radius 3 is 2.72 bits per heavy atom. The average molecular weight is 348 g/mol. The molecule has 25 heavy (non-hydrogen) atoms. The summed E-state index contributed by atoms with van der Waals surface area (Å²) >= 11 is 0. The molecule has 4 atom stereocenters. The van der Waals surface area contributed by atoms with Crippen LogP contribution in [0.25, 0.3) is 0 Å². The smallest absolute Gasteiger partial charge is 0.360 e. The van der Waals surface area contributed by atoms with E-state index >= 15 is 0 Å². The number of ether oxygens (including phenoxy) is 1. The minimum Gasteiger partial charge on any atom is -0.461 e. The SMILES string of the molecule is CCOC(=O)c1n[nH]nc1C1CCCN1C(=O)C1CCC(C)C(C)C1. The highest BCUT2D eigenvalue weighted by atomic mass is 16.5. The Morgan fingerprint density at radius 2 is 2.00 bits per heavy atom. The summed E-state index contributed by atoms with van der Waals surface area (Å²) in [5.41, 5.74) is 0.749. The Morgan fingerprint density at radius 1 is 1.20 bits per heavy atom. The Balaban J connectivity index is 1.76. The van der Waals surface area contributed by atoms with E-state index in [0.717, 1.165) is 38.6 Å². The van der Waals surface area contributed by atoms with Gasteiger partial charge in [0.05, 0.1) is 12.6 Å². The lowest BCUT2D eigenvalue weighted by Crippen LogP contribution is -2.39. The van der Waals surface area contributed by atoms with Crippen LogP contribution in [0.15, 0.2) is 0 Å². The maximum absolute atomic E-state index is 13.1. The zero-order valence-corrected chi connectivity index (χ0v) is 15.3. The molecule has 1 aliphatic heterocycles. The van der Waals surface area contributed by atoms with E-state index in [1.165, 1.54) is 0 Å². The number of aromatic nitrogens is 3. The van der Waals surface area contributed by atoms with Crippen LogP contribution in [0.5, 0.6) is 0 Å². The topological polar surface area (TPSA) is 88.2 Å². The molecule has 1 aromatic heterocycles. The summed E-state index contributed by atoms with van der Waals surface area (Å²) in [5.74, 6) is 1.07. The third-order valence-electron chi connectivity index (χ3n) is 5.84. The van der Waals surface area contributed by atoms with Gasteiger partial charge >= 0.3 is 5.97 Å². The number of esters is 1. The monoisotopic (exact) mass is 348 g/mol. The molecule has 2 fully saturated rings. The van der Waals surface area contributed by atoms with Gasteiger partial charge in [0, 0.05) is 12.5 Å². The summed E-state index contributed by atoms with van der Waals surface area (Å²) in [7, 11) is 0. The second-order valence-corrected chi connectivity index (χ2v) is 7.43. The Bertz CT molecular complexity index is 630. The summed E-state index contributed by atoms with van der Waals surface area (Å²) in [6, 6.07) is -0.180. The first kappa shape index (κ1) is 17.9. The number of H-pyrrole nitrogens is 1. The predicted molar refractivity (Wildman–Crippen MR) is 91.7 cm³/mol. The number of likely N-dealkylation sites (tertiary alicyclic amines) is 1. The molecule has 1 aliphatic carbocycles. The molecule has 2 aliphatic rings. The zero-order chi connectivity index (χ0) is 18.0. The van der Waals surface area contributed by atoms with Crippen molar-refractivity contribution in [2.75, 3.05) is 13.2 Å². The van der Waals surface area contributed by atoms with Gasteiger partial charge < -0.3 is 9.64 Å². The van der Waals surface area contributed by atoms with Crippen LogP contribution >= 0.6 is 0 Å². The van der Waals surface area contributed by atoms with Crippen LogP contribution in [-0.4, -0.2) is 45.3 Å². The third kappa shape index (κ3) is 3.55. The summed E-state index contributed by atoms with van der Waals surface area (Å²) in [6.45, 7) is 7.27. The summed E-state index contributed by atoms with van der Waals surface area (Å²) in [5, 5.41) is 10.7. The number of amides is 1. The number of hydrogen-bond donors (Lipinski definition) is 1. The molecule has 7 nitrogen and oxygen atoms in total. The van der Waals surface area contributed by atoms with Gasteiger partial charge in [-0.1, -0.05) is 13.8 Å². The predicted octanol–water partition coefficient (Wildman–Crippen LogP) is 2.72. The molecule has 1 saturated heterocycles. The first-order valence-corrected chi connectivity index (χ1v) is 9.41. The van der Waals surface area contributed by atoms with Gasteiger partial charge in [0.25, 0.3) is 0 Å². The van der Waals surface area contributed by atoms with E-state index in [9.17, 15) is 9.59 Å². The maximum atomic E-state index is 13.1. The Labute approximate surface area is 148 Å². The fourth-order valence-corrected chi connectivity index (χ4v) is 4.14. The van der Waals surface area contributed by atoms with Crippen molar-refractivity contribution in [2.24, 2.45) is 17.8 Å². The third-order valence-corrected chi connectivity index (χ3v) is 5.84. The van der Waals surface area contributed by atoms with E-state index in [1.807, 2.05) is 4.90 Å². The molecule has 0 radical (unpaired) electrons. The highest BCUT2D eigenvalue weighted by molar-refractivity contribution is 5.89. The number of carbonyl (C=O) groups is 2. The molecule has 2 heterocycles. The molecule has 0 spiro atoms. The number of nitrogens with one attached hydrogen (secondary N) is 1. The fourth-order valence-electron chi connectivity index (χ4n) is 4.14. The number of nitrogens with zero attached hydrogens (tertiary/aromatic N) is 3. The number of carbonyl (C=O) groups excluding carboxylic acids is 2. The minimum absolute atomic E-state index is 0.0877. The molecule has 7 heteroatoms. The quantitative estimate of drug-likeness (QED) is 0.845. The van der Waals surface area contributed by atoms with Gasteiger partial charge in [-0.15, -0.1) is 5.10 Å². The second-order valence-electron chi connectivity index (χ2n) is 7.43. The maximum Gasteiger partial charge on any atom is 0.360 e. The number of aromatic amines is 1. The standard InChI is InChI=1S/C18H28N4O3/c1-4-25-18(24)16-15(19-21-20-16)14-6-5-9-22(14)17(23)13-8-7-11(2)12(3)10-13/h11-14H,4-10H2,1-3H3,(H,19,20,21). The van der Waals surface area contributed by atoms with Gasteiger partial charge in [-0.2, -0.15) is 10.3 Å². The van der Waals surface area contributed by atoms with Gasteiger partial charge in [0.2, 0.25) is 5.91 Å². The van der Waals surface area contributed by atoms with Crippen LogP contribution < -0.4 is 0 Å². The van der Waals surface area contributed by atoms with E-state index in [1.54, 1.807) is 6.92 Å². The molecule has 1 saturated carbocycles. The van der Waals surface area contributed by atoms with E-state index in [4.69, 9.17) is 4.74 Å². The lowest BCUT2D eigenvalue weighted by atomic mass is 9.75. The van der Waals surface area contributed by atoms with Gasteiger partial charge in [-0.25, -0.2) is 4.79 Å². The average Bonchev–Trinajstić information content (AvgIpc) is 3.25. The van der Waals surface area contributed by atoms with Crippen LogP contribution in [0, 0.1) is 17.8 Å². The van der Waals surface area contributed by atoms with Crippen molar-refractivity contribution in [1.29, 1.82) is 0 Å². The molecule has 1 amide bonds. The van der Waals surface area contributed by atoms with Crippen molar-refractivity contribution in [3.8, 4) is 0 Å². The van der Waals surface area contributed by atoms with Gasteiger partial charge in [0.1, 0.15) is 5.69 Å². The summed E-state index contributed by atoms with van der Waals surface area (Å²) in [6.07, 6.45) is 4.74. The molecule has 138 valence electrons. The second kappa shape index (κ2) is 7.54. The van der Waals surface area contributed by atoms with Gasteiger partial charge in [0.15, 0.2) is 5.69 Å². The summed E-state index contributed by atoms with van der Waals surface area (Å²) < 4.78 is 5.06.